The van der Waals surface area contributed by atoms with E-state index in [9.17, 15) is 8.42 Å². The highest BCUT2D eigenvalue weighted by molar-refractivity contribution is 7.92. The van der Waals surface area contributed by atoms with Crippen LogP contribution in [0.2, 0.25) is 0 Å². The van der Waals surface area contributed by atoms with Crippen LogP contribution in [-0.4, -0.2) is 27.3 Å². The van der Waals surface area contributed by atoms with Crippen molar-refractivity contribution in [1.29, 1.82) is 0 Å². The van der Waals surface area contributed by atoms with Gasteiger partial charge < -0.3 is 5.32 Å². The zero-order chi connectivity index (χ0) is 14.3. The maximum absolute atomic E-state index is 11.9. The van der Waals surface area contributed by atoms with Gasteiger partial charge in [0, 0.05) is 5.69 Å². The molecule has 0 aliphatic rings. The van der Waals surface area contributed by atoms with Crippen molar-refractivity contribution in [2.75, 3.05) is 23.6 Å². The molecule has 1 rings (SSSR count). The molecule has 108 valence electrons. The first-order valence-corrected chi connectivity index (χ1v) is 8.38. The maximum Gasteiger partial charge on any atom is 0.232 e. The molecule has 0 aromatic heterocycles. The number of nitrogens with one attached hydrogen (secondary N) is 2. The molecule has 0 aliphatic heterocycles. The number of rotatable bonds is 8. The highest BCUT2D eigenvalue weighted by Crippen LogP contribution is 2.15. The number of hydrogen-bond acceptors (Lipinski definition) is 3. The molecule has 2 N–H and O–H groups in total. The fraction of sp³-hybridized carbons (Fsp3) is 0.571. The maximum atomic E-state index is 11.9. The van der Waals surface area contributed by atoms with E-state index in [1.165, 1.54) is 0 Å². The third-order valence-electron chi connectivity index (χ3n) is 3.05. The molecule has 0 radical (unpaired) electrons. The first-order valence-electron chi connectivity index (χ1n) is 6.73. The Morgan fingerprint density at radius 1 is 1.11 bits per heavy atom. The van der Waals surface area contributed by atoms with Crippen molar-refractivity contribution in [1.82, 2.24) is 5.32 Å². The lowest BCUT2D eigenvalue weighted by atomic mass is 10.1. The lowest BCUT2D eigenvalue weighted by molar-refractivity contribution is 0.593. The Labute approximate surface area is 116 Å². The molecule has 4 nitrogen and oxygen atoms in total. The minimum atomic E-state index is -3.23. The topological polar surface area (TPSA) is 58.2 Å². The largest absolute Gasteiger partial charge is 0.317 e. The van der Waals surface area contributed by atoms with E-state index < -0.39 is 10.0 Å². The van der Waals surface area contributed by atoms with E-state index in [2.05, 4.69) is 10.0 Å². The van der Waals surface area contributed by atoms with Gasteiger partial charge in [0.1, 0.15) is 0 Å². The summed E-state index contributed by atoms with van der Waals surface area (Å²) in [6.07, 6.45) is 1.55. The molecule has 0 saturated carbocycles. The zero-order valence-corrected chi connectivity index (χ0v) is 12.8. The predicted molar refractivity (Wildman–Crippen MR) is 81.1 cm³/mol. The molecule has 5 heteroatoms. The summed E-state index contributed by atoms with van der Waals surface area (Å²) in [4.78, 5) is 0. The van der Waals surface area contributed by atoms with Gasteiger partial charge in [-0.05, 0) is 63.0 Å². The average molecular weight is 284 g/mol. The summed E-state index contributed by atoms with van der Waals surface area (Å²) in [5.74, 6) is 0.172. The molecule has 0 bridgehead atoms. The van der Waals surface area contributed by atoms with Crippen molar-refractivity contribution >= 4 is 15.7 Å². The summed E-state index contributed by atoms with van der Waals surface area (Å²) >= 11 is 0. The second-order valence-electron chi connectivity index (χ2n) is 4.78. The molecular weight excluding hydrogens is 260 g/mol. The number of anilines is 1. The minimum Gasteiger partial charge on any atom is -0.317 e. The molecular formula is C14H24N2O2S. The molecule has 0 atom stereocenters. The number of hydrogen-bond donors (Lipinski definition) is 2. The van der Waals surface area contributed by atoms with Crippen LogP contribution in [0.4, 0.5) is 5.69 Å². The van der Waals surface area contributed by atoms with E-state index in [4.69, 9.17) is 0 Å². The van der Waals surface area contributed by atoms with Gasteiger partial charge in [0.05, 0.1) is 5.75 Å². The van der Waals surface area contributed by atoms with Crippen molar-refractivity contribution in [2.24, 2.45) is 0 Å². The van der Waals surface area contributed by atoms with Crippen molar-refractivity contribution in [3.63, 3.8) is 0 Å². The van der Waals surface area contributed by atoms with Gasteiger partial charge in [-0.15, -0.1) is 0 Å². The summed E-state index contributed by atoms with van der Waals surface area (Å²) in [5.41, 5.74) is 2.90. The van der Waals surface area contributed by atoms with E-state index in [1.54, 1.807) is 6.07 Å². The van der Waals surface area contributed by atoms with Crippen LogP contribution in [0, 0.1) is 13.8 Å². The molecule has 1 aromatic rings. The first-order chi connectivity index (χ1) is 8.94. The standard InChI is InChI=1S/C14H24N2O2S/c1-4-15-9-5-6-10-19(17,18)16-14-8-7-12(2)13(3)11-14/h7-8,11,15-16H,4-6,9-10H2,1-3H3. The van der Waals surface area contributed by atoms with Crippen LogP contribution < -0.4 is 10.0 Å². The average Bonchev–Trinajstić information content (AvgIpc) is 2.33. The Kier molecular flexibility index (Phi) is 6.31. The van der Waals surface area contributed by atoms with E-state index in [-0.39, 0.29) is 5.75 Å². The van der Waals surface area contributed by atoms with Gasteiger partial charge in [-0.3, -0.25) is 4.72 Å². The van der Waals surface area contributed by atoms with Gasteiger partial charge in [-0.1, -0.05) is 13.0 Å². The van der Waals surface area contributed by atoms with Gasteiger partial charge >= 0.3 is 0 Å². The minimum absolute atomic E-state index is 0.172. The molecule has 0 amide bonds. The Balaban J connectivity index is 2.47. The Hall–Kier alpha value is -1.07. The van der Waals surface area contributed by atoms with Crippen LogP contribution in [0.3, 0.4) is 0 Å². The Morgan fingerprint density at radius 3 is 2.47 bits per heavy atom. The Morgan fingerprint density at radius 2 is 1.84 bits per heavy atom. The monoisotopic (exact) mass is 284 g/mol. The third kappa shape index (κ3) is 6.07. The van der Waals surface area contributed by atoms with E-state index in [1.807, 2.05) is 32.9 Å². The van der Waals surface area contributed by atoms with Crippen molar-refractivity contribution in [2.45, 2.75) is 33.6 Å². The van der Waals surface area contributed by atoms with E-state index in [0.717, 1.165) is 30.6 Å². The number of unbranched alkanes of at least 4 members (excludes halogenated alkanes) is 1. The number of benzene rings is 1. The molecule has 0 unspecified atom stereocenters. The van der Waals surface area contributed by atoms with Gasteiger partial charge in [0.2, 0.25) is 10.0 Å². The zero-order valence-electron chi connectivity index (χ0n) is 12.0. The molecule has 19 heavy (non-hydrogen) atoms. The Bertz CT molecular complexity index is 498. The molecule has 0 spiro atoms. The SMILES string of the molecule is CCNCCCCS(=O)(=O)Nc1ccc(C)c(C)c1. The quantitative estimate of drug-likeness (QED) is 0.721. The smallest absolute Gasteiger partial charge is 0.232 e. The lowest BCUT2D eigenvalue weighted by Gasteiger charge is -2.09. The summed E-state index contributed by atoms with van der Waals surface area (Å²) < 4.78 is 26.4. The normalized spacial score (nSPS) is 11.5. The van der Waals surface area contributed by atoms with Crippen LogP contribution in [0.1, 0.15) is 30.9 Å². The molecule has 0 heterocycles. The van der Waals surface area contributed by atoms with Gasteiger partial charge in [-0.25, -0.2) is 8.42 Å². The molecule has 1 aromatic carbocycles. The number of sulfonamides is 1. The lowest BCUT2D eigenvalue weighted by Crippen LogP contribution is -2.19. The molecule has 0 saturated heterocycles. The van der Waals surface area contributed by atoms with E-state index in [0.29, 0.717) is 12.1 Å². The van der Waals surface area contributed by atoms with Crippen molar-refractivity contribution < 1.29 is 8.42 Å². The summed E-state index contributed by atoms with van der Waals surface area (Å²) in [6.45, 7) is 7.82. The summed E-state index contributed by atoms with van der Waals surface area (Å²) in [7, 11) is -3.23. The fourth-order valence-electron chi connectivity index (χ4n) is 1.75. The second kappa shape index (κ2) is 7.50. The van der Waals surface area contributed by atoms with Crippen LogP contribution in [0.15, 0.2) is 18.2 Å². The second-order valence-corrected chi connectivity index (χ2v) is 6.62. The molecule has 0 aliphatic carbocycles. The van der Waals surface area contributed by atoms with Crippen LogP contribution >= 0.6 is 0 Å². The van der Waals surface area contributed by atoms with Gasteiger partial charge in [0.25, 0.3) is 0 Å². The van der Waals surface area contributed by atoms with Crippen LogP contribution in [0.5, 0.6) is 0 Å². The van der Waals surface area contributed by atoms with Gasteiger partial charge in [0.15, 0.2) is 0 Å². The first kappa shape index (κ1) is 16.0. The highest BCUT2D eigenvalue weighted by Gasteiger charge is 2.10. The molecule has 0 fully saturated rings. The van der Waals surface area contributed by atoms with Crippen LogP contribution in [-0.2, 0) is 10.0 Å². The summed E-state index contributed by atoms with van der Waals surface area (Å²) in [6, 6.07) is 5.60. The summed E-state index contributed by atoms with van der Waals surface area (Å²) in [5, 5.41) is 3.18. The fourth-order valence-corrected chi connectivity index (χ4v) is 2.93. The van der Waals surface area contributed by atoms with Crippen molar-refractivity contribution in [3.8, 4) is 0 Å². The predicted octanol–water partition coefficient (Wildman–Crippen LogP) is 2.43. The van der Waals surface area contributed by atoms with Crippen LogP contribution in [0.25, 0.3) is 0 Å². The van der Waals surface area contributed by atoms with Gasteiger partial charge in [-0.2, -0.15) is 0 Å². The van der Waals surface area contributed by atoms with Crippen molar-refractivity contribution in [3.05, 3.63) is 29.3 Å². The third-order valence-corrected chi connectivity index (χ3v) is 4.42. The highest BCUT2D eigenvalue weighted by atomic mass is 32.2. The van der Waals surface area contributed by atoms with E-state index >= 15 is 0 Å². The number of aryl methyl sites for hydroxylation is 2.